The van der Waals surface area contributed by atoms with E-state index in [2.05, 4.69) is 9.98 Å². The van der Waals surface area contributed by atoms with Gasteiger partial charge in [-0.2, -0.15) is 0 Å². The molecule has 29 heavy (non-hydrogen) atoms. The van der Waals surface area contributed by atoms with Crippen LogP contribution in [0.5, 0.6) is 5.88 Å². The molecule has 0 N–H and O–H groups in total. The van der Waals surface area contributed by atoms with E-state index in [-0.39, 0.29) is 5.69 Å². The van der Waals surface area contributed by atoms with Crippen LogP contribution in [0, 0.1) is 6.92 Å². The number of imidazole rings is 1. The Hall–Kier alpha value is -3.67. The molecule has 0 spiro atoms. The molecule has 6 nitrogen and oxygen atoms in total. The van der Waals surface area contributed by atoms with Gasteiger partial charge in [-0.1, -0.05) is 42.5 Å². The van der Waals surface area contributed by atoms with E-state index in [1.807, 2.05) is 73.8 Å². The number of nitrogens with zero attached hydrogens (tertiary/aromatic N) is 4. The van der Waals surface area contributed by atoms with Gasteiger partial charge < -0.3 is 4.74 Å². The van der Waals surface area contributed by atoms with Crippen molar-refractivity contribution in [1.82, 2.24) is 14.1 Å². The van der Waals surface area contributed by atoms with Gasteiger partial charge in [0, 0.05) is 24.4 Å². The van der Waals surface area contributed by atoms with Gasteiger partial charge >= 0.3 is 5.69 Å². The maximum absolute atomic E-state index is 13.2. The Bertz CT molecular complexity index is 1290. The molecule has 0 bridgehead atoms. The molecule has 6 heteroatoms. The van der Waals surface area contributed by atoms with Crippen LogP contribution in [0.4, 0.5) is 0 Å². The summed E-state index contributed by atoms with van der Waals surface area (Å²) in [6.45, 7) is 3.52. The zero-order chi connectivity index (χ0) is 19.8. The van der Waals surface area contributed by atoms with Gasteiger partial charge in [0.2, 0.25) is 5.88 Å². The molecule has 0 unspecified atom stereocenters. The van der Waals surface area contributed by atoms with Crippen molar-refractivity contribution in [3.05, 3.63) is 88.0 Å². The molecule has 0 saturated carbocycles. The second-order valence-electron chi connectivity index (χ2n) is 7.05. The predicted octanol–water partition coefficient (Wildman–Crippen LogP) is 3.51. The highest BCUT2D eigenvalue weighted by atomic mass is 16.5. The van der Waals surface area contributed by atoms with Gasteiger partial charge in [0.25, 0.3) is 0 Å². The maximum atomic E-state index is 13.2. The third kappa shape index (κ3) is 3.02. The molecule has 4 aromatic rings. The van der Waals surface area contributed by atoms with Crippen molar-refractivity contribution in [3.63, 3.8) is 0 Å². The smallest absolute Gasteiger partial charge is 0.333 e. The minimum absolute atomic E-state index is 0.0687. The van der Waals surface area contributed by atoms with Crippen molar-refractivity contribution in [2.45, 2.75) is 20.1 Å². The van der Waals surface area contributed by atoms with Crippen LogP contribution < -0.4 is 10.4 Å². The first kappa shape index (κ1) is 17.4. The van der Waals surface area contributed by atoms with Gasteiger partial charge in [0.15, 0.2) is 0 Å². The largest absolute Gasteiger partial charge is 0.473 e. The summed E-state index contributed by atoms with van der Waals surface area (Å²) < 4.78 is 9.37. The van der Waals surface area contributed by atoms with Crippen molar-refractivity contribution in [2.24, 2.45) is 4.99 Å². The monoisotopic (exact) mass is 384 g/mol. The van der Waals surface area contributed by atoms with Crippen LogP contribution in [0.1, 0.15) is 16.8 Å². The number of hydrogen-bond donors (Lipinski definition) is 0. The number of aromatic nitrogens is 3. The molecule has 0 aliphatic carbocycles. The first-order chi connectivity index (χ1) is 14.2. The van der Waals surface area contributed by atoms with Gasteiger partial charge in [-0.3, -0.25) is 14.1 Å². The number of para-hydroxylation sites is 1. The summed E-state index contributed by atoms with van der Waals surface area (Å²) in [7, 11) is 0. The zero-order valence-electron chi connectivity index (χ0n) is 16.1. The van der Waals surface area contributed by atoms with Gasteiger partial charge in [-0.15, -0.1) is 0 Å². The fourth-order valence-corrected chi connectivity index (χ4v) is 3.79. The lowest BCUT2D eigenvalue weighted by Gasteiger charge is -2.10. The fourth-order valence-electron chi connectivity index (χ4n) is 3.79. The standard InChI is InChI=1S/C23H20N4O2/c1-16-19(10-11-21(25-16)29-15-17-6-3-2-4-7-17)27-20-9-5-8-18-14-24-12-13-26(22(18)20)23(27)28/h2-11,14H,12-13,15H2,1H3. The van der Waals surface area contributed by atoms with Gasteiger partial charge in [0.05, 0.1) is 29.0 Å². The van der Waals surface area contributed by atoms with Crippen molar-refractivity contribution in [1.29, 1.82) is 0 Å². The quantitative estimate of drug-likeness (QED) is 0.541. The number of aryl methyl sites for hydroxylation is 1. The summed E-state index contributed by atoms with van der Waals surface area (Å²) in [5.74, 6) is 0.542. The van der Waals surface area contributed by atoms with Crippen LogP contribution in [-0.4, -0.2) is 26.9 Å². The van der Waals surface area contributed by atoms with Crippen molar-refractivity contribution < 1.29 is 4.74 Å². The van der Waals surface area contributed by atoms with E-state index in [1.165, 1.54) is 0 Å². The second-order valence-corrected chi connectivity index (χ2v) is 7.05. The number of pyridine rings is 1. The molecule has 0 amide bonds. The van der Waals surface area contributed by atoms with E-state index in [9.17, 15) is 4.79 Å². The molecule has 144 valence electrons. The molecule has 1 aliphatic rings. The van der Waals surface area contributed by atoms with Crippen LogP contribution in [-0.2, 0) is 13.2 Å². The van der Waals surface area contributed by atoms with E-state index >= 15 is 0 Å². The van der Waals surface area contributed by atoms with Crippen LogP contribution >= 0.6 is 0 Å². The summed E-state index contributed by atoms with van der Waals surface area (Å²) in [6, 6.07) is 19.6. The molecular formula is C23H20N4O2. The Morgan fingerprint density at radius 1 is 1.03 bits per heavy atom. The molecule has 0 saturated heterocycles. The average Bonchev–Trinajstić information content (AvgIpc) is 2.89. The maximum Gasteiger partial charge on any atom is 0.333 e. The Morgan fingerprint density at radius 2 is 1.90 bits per heavy atom. The molecular weight excluding hydrogens is 364 g/mol. The minimum Gasteiger partial charge on any atom is -0.473 e. The van der Waals surface area contributed by atoms with Crippen molar-refractivity contribution in [2.75, 3.05) is 6.54 Å². The Balaban J connectivity index is 1.55. The van der Waals surface area contributed by atoms with E-state index < -0.39 is 0 Å². The van der Waals surface area contributed by atoms with Crippen LogP contribution in [0.15, 0.2) is 70.5 Å². The van der Waals surface area contributed by atoms with E-state index in [0.717, 1.165) is 33.5 Å². The lowest BCUT2D eigenvalue weighted by Crippen LogP contribution is -2.24. The molecule has 0 radical (unpaired) electrons. The second kappa shape index (κ2) is 7.05. The van der Waals surface area contributed by atoms with Crippen LogP contribution in [0.2, 0.25) is 0 Å². The zero-order valence-corrected chi connectivity index (χ0v) is 16.1. The number of aliphatic imine (C=N–C) groups is 1. The molecule has 3 heterocycles. The average molecular weight is 384 g/mol. The summed E-state index contributed by atoms with van der Waals surface area (Å²) in [5.41, 5.74) is 5.27. The Labute approximate surface area is 167 Å². The molecule has 2 aromatic heterocycles. The van der Waals surface area contributed by atoms with Crippen molar-refractivity contribution in [3.8, 4) is 11.6 Å². The molecule has 1 aliphatic heterocycles. The SMILES string of the molecule is Cc1nc(OCc2ccccc2)ccc1-n1c(=O)n2c3c(cccc31)C=NCC2. The van der Waals surface area contributed by atoms with Crippen molar-refractivity contribution >= 4 is 17.2 Å². The molecule has 2 aromatic carbocycles. The van der Waals surface area contributed by atoms with E-state index in [1.54, 1.807) is 9.13 Å². The summed E-state index contributed by atoms with van der Waals surface area (Å²) >= 11 is 0. The minimum atomic E-state index is -0.0687. The Morgan fingerprint density at radius 3 is 2.72 bits per heavy atom. The first-order valence-corrected chi connectivity index (χ1v) is 9.61. The molecule has 5 rings (SSSR count). The highest BCUT2D eigenvalue weighted by Crippen LogP contribution is 2.24. The third-order valence-corrected chi connectivity index (χ3v) is 5.16. The molecule has 0 fully saturated rings. The number of ether oxygens (including phenoxy) is 1. The van der Waals surface area contributed by atoms with Crippen LogP contribution in [0.3, 0.4) is 0 Å². The predicted molar refractivity (Wildman–Crippen MR) is 113 cm³/mol. The highest BCUT2D eigenvalue weighted by Gasteiger charge is 2.19. The number of hydrogen-bond acceptors (Lipinski definition) is 4. The third-order valence-electron chi connectivity index (χ3n) is 5.16. The summed E-state index contributed by atoms with van der Waals surface area (Å²) in [6.07, 6.45) is 1.85. The van der Waals surface area contributed by atoms with E-state index in [0.29, 0.717) is 25.6 Å². The fraction of sp³-hybridized carbons (Fsp3) is 0.174. The normalized spacial score (nSPS) is 12.9. The summed E-state index contributed by atoms with van der Waals surface area (Å²) in [5, 5.41) is 0. The number of benzene rings is 2. The van der Waals surface area contributed by atoms with Gasteiger partial charge in [-0.05, 0) is 24.6 Å². The number of rotatable bonds is 4. The topological polar surface area (TPSA) is 61.4 Å². The Kier molecular flexibility index (Phi) is 4.24. The van der Waals surface area contributed by atoms with Gasteiger partial charge in [-0.25, -0.2) is 9.78 Å². The lowest BCUT2D eigenvalue weighted by molar-refractivity contribution is 0.293. The van der Waals surface area contributed by atoms with E-state index in [4.69, 9.17) is 4.74 Å². The summed E-state index contributed by atoms with van der Waals surface area (Å²) in [4.78, 5) is 22.2. The van der Waals surface area contributed by atoms with Crippen LogP contribution in [0.25, 0.3) is 16.7 Å². The van der Waals surface area contributed by atoms with Gasteiger partial charge in [0.1, 0.15) is 6.61 Å². The lowest BCUT2D eigenvalue weighted by atomic mass is 10.2. The first-order valence-electron chi connectivity index (χ1n) is 9.61. The highest BCUT2D eigenvalue weighted by molar-refractivity contribution is 5.97. The molecule has 0 atom stereocenters.